The van der Waals surface area contributed by atoms with E-state index in [9.17, 15) is 0 Å². The van der Waals surface area contributed by atoms with Crippen LogP contribution in [0.1, 0.15) is 31.9 Å². The van der Waals surface area contributed by atoms with Crippen molar-refractivity contribution < 1.29 is 0 Å². The van der Waals surface area contributed by atoms with E-state index < -0.39 is 0 Å². The summed E-state index contributed by atoms with van der Waals surface area (Å²) >= 11 is 9.56. The fourth-order valence-corrected chi connectivity index (χ4v) is 2.55. The highest BCUT2D eigenvalue weighted by Crippen LogP contribution is 2.25. The first-order chi connectivity index (χ1) is 9.36. The summed E-state index contributed by atoms with van der Waals surface area (Å²) in [4.78, 5) is 0. The maximum absolute atomic E-state index is 6.02. The zero-order chi connectivity index (χ0) is 14.8. The lowest BCUT2D eigenvalue weighted by molar-refractivity contribution is 0.590. The molecule has 0 aliphatic heterocycles. The van der Waals surface area contributed by atoms with E-state index >= 15 is 0 Å². The Morgan fingerprint density at radius 3 is 2.30 bits per heavy atom. The van der Waals surface area contributed by atoms with Gasteiger partial charge in [0.2, 0.25) is 0 Å². The van der Waals surface area contributed by atoms with Crippen molar-refractivity contribution in [3.8, 4) is 0 Å². The minimum absolute atomic E-state index is 0.189. The van der Waals surface area contributed by atoms with Gasteiger partial charge in [0.25, 0.3) is 0 Å². The van der Waals surface area contributed by atoms with Crippen molar-refractivity contribution in [2.75, 3.05) is 5.32 Å². The summed E-state index contributed by atoms with van der Waals surface area (Å²) in [5.74, 6) is 0. The zero-order valence-electron chi connectivity index (χ0n) is 12.0. The van der Waals surface area contributed by atoms with Crippen LogP contribution in [0, 0.1) is 0 Å². The van der Waals surface area contributed by atoms with Crippen molar-refractivity contribution >= 4 is 33.2 Å². The van der Waals surface area contributed by atoms with Gasteiger partial charge >= 0.3 is 0 Å². The molecule has 0 aliphatic carbocycles. The number of halogens is 2. The van der Waals surface area contributed by atoms with Crippen LogP contribution >= 0.6 is 27.5 Å². The van der Waals surface area contributed by atoms with E-state index in [0.717, 1.165) is 27.3 Å². The number of nitrogens with one attached hydrogen (secondary N) is 1. The quantitative estimate of drug-likeness (QED) is 0.713. The summed E-state index contributed by atoms with van der Waals surface area (Å²) in [5, 5.41) is 4.18. The third-order valence-corrected chi connectivity index (χ3v) is 4.25. The Balaban J connectivity index is 2.06. The van der Waals surface area contributed by atoms with Crippen LogP contribution in [-0.2, 0) is 12.0 Å². The third kappa shape index (κ3) is 4.00. The number of benzene rings is 2. The summed E-state index contributed by atoms with van der Waals surface area (Å²) in [5.41, 5.74) is 3.79. The van der Waals surface area contributed by atoms with Crippen LogP contribution in [0.5, 0.6) is 0 Å². The lowest BCUT2D eigenvalue weighted by atomic mass is 9.87. The molecule has 2 aromatic carbocycles. The Hall–Kier alpha value is -0.990. The molecular weight excluding hydrogens is 334 g/mol. The van der Waals surface area contributed by atoms with Crippen molar-refractivity contribution in [1.82, 2.24) is 0 Å². The first-order valence-electron chi connectivity index (χ1n) is 6.64. The molecule has 0 unspecified atom stereocenters. The normalized spacial score (nSPS) is 11.4. The number of hydrogen-bond acceptors (Lipinski definition) is 1. The molecule has 20 heavy (non-hydrogen) atoms. The molecule has 3 heteroatoms. The van der Waals surface area contributed by atoms with Gasteiger partial charge in [-0.3, -0.25) is 0 Å². The van der Waals surface area contributed by atoms with Crippen LogP contribution in [-0.4, -0.2) is 0 Å². The number of anilines is 1. The Labute approximate surface area is 134 Å². The van der Waals surface area contributed by atoms with Crippen LogP contribution in [0.4, 0.5) is 5.69 Å². The second-order valence-electron chi connectivity index (χ2n) is 5.92. The maximum Gasteiger partial charge on any atom is 0.0412 e. The molecule has 0 heterocycles. The van der Waals surface area contributed by atoms with Gasteiger partial charge in [0.05, 0.1) is 0 Å². The minimum Gasteiger partial charge on any atom is -0.381 e. The average Bonchev–Trinajstić information content (AvgIpc) is 2.39. The third-order valence-electron chi connectivity index (χ3n) is 3.24. The summed E-state index contributed by atoms with van der Waals surface area (Å²) < 4.78 is 1.07. The standard InChI is InChI=1S/C17H19BrClN/c1-17(2,3)13-4-7-15(8-5-13)20-11-12-10-14(19)6-9-16(12)18/h4-10,20H,11H2,1-3H3. The second kappa shape index (κ2) is 6.19. The minimum atomic E-state index is 0.189. The van der Waals surface area contributed by atoms with Gasteiger partial charge < -0.3 is 5.32 Å². The lowest BCUT2D eigenvalue weighted by Crippen LogP contribution is -2.10. The topological polar surface area (TPSA) is 12.0 Å². The Kier molecular flexibility index (Phi) is 4.77. The van der Waals surface area contributed by atoms with E-state index in [0.29, 0.717) is 0 Å². The summed E-state index contributed by atoms with van der Waals surface area (Å²) in [7, 11) is 0. The SMILES string of the molecule is CC(C)(C)c1ccc(NCc2cc(Cl)ccc2Br)cc1. The van der Waals surface area contributed by atoms with E-state index in [4.69, 9.17) is 11.6 Å². The van der Waals surface area contributed by atoms with Crippen LogP contribution in [0.2, 0.25) is 5.02 Å². The highest BCUT2D eigenvalue weighted by Gasteiger charge is 2.12. The molecule has 0 fully saturated rings. The van der Waals surface area contributed by atoms with Crippen molar-refractivity contribution in [2.24, 2.45) is 0 Å². The first kappa shape index (κ1) is 15.4. The molecule has 0 radical (unpaired) electrons. The number of hydrogen-bond donors (Lipinski definition) is 1. The zero-order valence-corrected chi connectivity index (χ0v) is 14.3. The summed E-state index contributed by atoms with van der Waals surface area (Å²) in [6.07, 6.45) is 0. The first-order valence-corrected chi connectivity index (χ1v) is 7.82. The van der Waals surface area contributed by atoms with E-state index in [1.54, 1.807) is 0 Å². The smallest absolute Gasteiger partial charge is 0.0412 e. The molecule has 2 aromatic rings. The molecule has 0 aliphatic rings. The Bertz CT molecular complexity index is 585. The van der Waals surface area contributed by atoms with E-state index in [1.165, 1.54) is 5.56 Å². The van der Waals surface area contributed by atoms with E-state index in [1.807, 2.05) is 18.2 Å². The predicted octanol–water partition coefficient (Wildman–Crippen LogP) is 6.01. The van der Waals surface area contributed by atoms with E-state index in [-0.39, 0.29) is 5.41 Å². The fraction of sp³-hybridized carbons (Fsp3) is 0.294. The van der Waals surface area contributed by atoms with Gasteiger partial charge in [0.15, 0.2) is 0 Å². The van der Waals surface area contributed by atoms with Crippen LogP contribution < -0.4 is 5.32 Å². The average molecular weight is 353 g/mol. The largest absolute Gasteiger partial charge is 0.381 e. The Morgan fingerprint density at radius 1 is 1.05 bits per heavy atom. The molecule has 0 saturated heterocycles. The summed E-state index contributed by atoms with van der Waals surface area (Å²) in [6, 6.07) is 14.4. The molecule has 0 bridgehead atoms. The van der Waals surface area contributed by atoms with Gasteiger partial charge in [0.1, 0.15) is 0 Å². The summed E-state index contributed by atoms with van der Waals surface area (Å²) in [6.45, 7) is 7.41. The van der Waals surface area contributed by atoms with Crippen LogP contribution in [0.25, 0.3) is 0 Å². The molecule has 0 aromatic heterocycles. The molecule has 106 valence electrons. The fourth-order valence-electron chi connectivity index (χ4n) is 1.96. The highest BCUT2D eigenvalue weighted by atomic mass is 79.9. The van der Waals surface area contributed by atoms with Gasteiger partial charge in [-0.15, -0.1) is 0 Å². The van der Waals surface area contributed by atoms with Gasteiger partial charge in [-0.2, -0.15) is 0 Å². The van der Waals surface area contributed by atoms with Gasteiger partial charge in [0, 0.05) is 21.7 Å². The second-order valence-corrected chi connectivity index (χ2v) is 7.21. The van der Waals surface area contributed by atoms with Gasteiger partial charge in [-0.05, 0) is 46.9 Å². The number of rotatable bonds is 3. The van der Waals surface area contributed by atoms with E-state index in [2.05, 4.69) is 66.3 Å². The monoisotopic (exact) mass is 351 g/mol. The highest BCUT2D eigenvalue weighted by molar-refractivity contribution is 9.10. The lowest BCUT2D eigenvalue weighted by Gasteiger charge is -2.19. The van der Waals surface area contributed by atoms with Gasteiger partial charge in [-0.25, -0.2) is 0 Å². The van der Waals surface area contributed by atoms with Crippen LogP contribution in [0.15, 0.2) is 46.9 Å². The van der Waals surface area contributed by atoms with Crippen molar-refractivity contribution in [3.63, 3.8) is 0 Å². The molecule has 1 N–H and O–H groups in total. The van der Waals surface area contributed by atoms with Gasteiger partial charge in [-0.1, -0.05) is 60.4 Å². The van der Waals surface area contributed by atoms with Crippen molar-refractivity contribution in [2.45, 2.75) is 32.7 Å². The predicted molar refractivity (Wildman–Crippen MR) is 91.6 cm³/mol. The van der Waals surface area contributed by atoms with Crippen LogP contribution in [0.3, 0.4) is 0 Å². The molecule has 0 atom stereocenters. The molecular formula is C17H19BrClN. The Morgan fingerprint density at radius 2 is 1.70 bits per heavy atom. The van der Waals surface area contributed by atoms with Crippen molar-refractivity contribution in [3.05, 3.63) is 63.1 Å². The van der Waals surface area contributed by atoms with Crippen molar-refractivity contribution in [1.29, 1.82) is 0 Å². The molecule has 2 rings (SSSR count). The molecule has 1 nitrogen and oxygen atoms in total. The molecule has 0 spiro atoms. The maximum atomic E-state index is 6.02. The molecule has 0 amide bonds. The molecule has 0 saturated carbocycles.